The highest BCUT2D eigenvalue weighted by Gasteiger charge is 2.10. The summed E-state index contributed by atoms with van der Waals surface area (Å²) in [6.07, 6.45) is 3.65. The lowest BCUT2D eigenvalue weighted by Crippen LogP contribution is -2.04. The number of rotatable bonds is 5. The SMILES string of the molecule is CNc1cccc(Nc2ccc(-n3cnc(C)c3)c(OC)n2)c1N. The van der Waals surface area contributed by atoms with Crippen LogP contribution in [0.15, 0.2) is 42.9 Å². The van der Waals surface area contributed by atoms with Gasteiger partial charge in [0.25, 0.3) is 0 Å². The molecule has 3 rings (SSSR count). The summed E-state index contributed by atoms with van der Waals surface area (Å²) < 4.78 is 7.30. The number of nitrogens with zero attached hydrogens (tertiary/aromatic N) is 3. The molecule has 0 amide bonds. The second kappa shape index (κ2) is 6.49. The highest BCUT2D eigenvalue weighted by Crippen LogP contribution is 2.30. The van der Waals surface area contributed by atoms with E-state index < -0.39 is 0 Å². The molecule has 0 spiro atoms. The quantitative estimate of drug-likeness (QED) is 0.625. The number of aryl methyl sites for hydroxylation is 1. The number of benzene rings is 1. The Labute approximate surface area is 140 Å². The zero-order chi connectivity index (χ0) is 17.1. The minimum atomic E-state index is 0.501. The lowest BCUT2D eigenvalue weighted by atomic mass is 10.2. The number of ether oxygens (including phenoxy) is 1. The fourth-order valence-electron chi connectivity index (χ4n) is 2.43. The fourth-order valence-corrected chi connectivity index (χ4v) is 2.43. The molecule has 3 aromatic rings. The van der Waals surface area contributed by atoms with E-state index in [4.69, 9.17) is 10.5 Å². The zero-order valence-corrected chi connectivity index (χ0v) is 13.9. The van der Waals surface area contributed by atoms with Gasteiger partial charge in [0, 0.05) is 13.2 Å². The number of hydrogen-bond donors (Lipinski definition) is 3. The van der Waals surface area contributed by atoms with Crippen molar-refractivity contribution < 1.29 is 4.74 Å². The van der Waals surface area contributed by atoms with Crippen molar-refractivity contribution in [2.75, 3.05) is 30.5 Å². The monoisotopic (exact) mass is 324 g/mol. The van der Waals surface area contributed by atoms with Crippen molar-refractivity contribution in [3.63, 3.8) is 0 Å². The van der Waals surface area contributed by atoms with Crippen molar-refractivity contribution in [3.05, 3.63) is 48.5 Å². The van der Waals surface area contributed by atoms with Gasteiger partial charge in [0.1, 0.15) is 11.5 Å². The van der Waals surface area contributed by atoms with Gasteiger partial charge in [0.15, 0.2) is 0 Å². The van der Waals surface area contributed by atoms with Gasteiger partial charge in [-0.05, 0) is 31.2 Å². The standard InChI is InChI=1S/C17H20N6O/c1-11-9-23(10-20-11)14-7-8-15(22-17(14)24-3)21-13-6-4-5-12(19-2)16(13)18/h4-10,19H,18H2,1-3H3,(H,21,22). The summed E-state index contributed by atoms with van der Waals surface area (Å²) in [6, 6.07) is 9.53. The number of methoxy groups -OCH3 is 1. The van der Waals surface area contributed by atoms with Crippen LogP contribution in [-0.4, -0.2) is 28.7 Å². The molecule has 0 aliphatic heterocycles. The van der Waals surface area contributed by atoms with Gasteiger partial charge in [-0.3, -0.25) is 0 Å². The van der Waals surface area contributed by atoms with Crippen LogP contribution in [0.5, 0.6) is 5.88 Å². The Kier molecular flexibility index (Phi) is 4.24. The van der Waals surface area contributed by atoms with Crippen LogP contribution >= 0.6 is 0 Å². The number of aromatic nitrogens is 3. The van der Waals surface area contributed by atoms with Gasteiger partial charge in [0.2, 0.25) is 5.88 Å². The van der Waals surface area contributed by atoms with E-state index in [0.717, 1.165) is 22.8 Å². The molecule has 0 aliphatic carbocycles. The van der Waals surface area contributed by atoms with Crippen LogP contribution in [0.4, 0.5) is 22.9 Å². The van der Waals surface area contributed by atoms with Gasteiger partial charge < -0.3 is 25.7 Å². The van der Waals surface area contributed by atoms with Crippen LogP contribution in [0.1, 0.15) is 5.69 Å². The highest BCUT2D eigenvalue weighted by atomic mass is 16.5. The van der Waals surface area contributed by atoms with Gasteiger partial charge in [-0.1, -0.05) is 6.07 Å². The maximum absolute atomic E-state index is 6.14. The number of nitrogens with two attached hydrogens (primary N) is 1. The Morgan fingerprint density at radius 2 is 1.96 bits per heavy atom. The molecule has 2 aromatic heterocycles. The topological polar surface area (TPSA) is 90.0 Å². The fraction of sp³-hybridized carbons (Fsp3) is 0.176. The van der Waals surface area contributed by atoms with E-state index in [2.05, 4.69) is 20.6 Å². The predicted molar refractivity (Wildman–Crippen MR) is 96.3 cm³/mol. The molecule has 124 valence electrons. The van der Waals surface area contributed by atoms with Crippen molar-refractivity contribution >= 4 is 22.9 Å². The van der Waals surface area contributed by atoms with Gasteiger partial charge in [-0.25, -0.2) is 4.98 Å². The van der Waals surface area contributed by atoms with Gasteiger partial charge in [-0.2, -0.15) is 4.98 Å². The third-order valence-electron chi connectivity index (χ3n) is 3.66. The molecule has 1 aromatic carbocycles. The summed E-state index contributed by atoms with van der Waals surface area (Å²) >= 11 is 0. The molecule has 2 heterocycles. The second-order valence-electron chi connectivity index (χ2n) is 5.29. The molecule has 0 bridgehead atoms. The number of imidazole rings is 1. The smallest absolute Gasteiger partial charge is 0.240 e. The van der Waals surface area contributed by atoms with Crippen LogP contribution in [0.25, 0.3) is 5.69 Å². The summed E-state index contributed by atoms with van der Waals surface area (Å²) in [6.45, 7) is 1.93. The Bertz CT molecular complexity index is 858. The van der Waals surface area contributed by atoms with E-state index in [-0.39, 0.29) is 0 Å². The Hall–Kier alpha value is -3.22. The Morgan fingerprint density at radius 1 is 1.17 bits per heavy atom. The van der Waals surface area contributed by atoms with E-state index in [9.17, 15) is 0 Å². The molecular weight excluding hydrogens is 304 g/mol. The number of anilines is 4. The first-order valence-corrected chi connectivity index (χ1v) is 7.51. The lowest BCUT2D eigenvalue weighted by Gasteiger charge is -2.14. The molecule has 0 aliphatic rings. The molecule has 0 fully saturated rings. The average Bonchev–Trinajstić information content (AvgIpc) is 3.03. The summed E-state index contributed by atoms with van der Waals surface area (Å²) in [5.41, 5.74) is 10.2. The maximum Gasteiger partial charge on any atom is 0.240 e. The summed E-state index contributed by atoms with van der Waals surface area (Å²) in [5.74, 6) is 1.15. The van der Waals surface area contributed by atoms with Crippen LogP contribution < -0.4 is 21.1 Å². The molecule has 4 N–H and O–H groups in total. The highest BCUT2D eigenvalue weighted by molar-refractivity contribution is 5.82. The van der Waals surface area contributed by atoms with E-state index in [1.807, 2.05) is 55.1 Å². The number of para-hydroxylation sites is 1. The molecule has 0 radical (unpaired) electrons. The summed E-state index contributed by atoms with van der Waals surface area (Å²) in [7, 11) is 3.42. The third kappa shape index (κ3) is 2.96. The molecule has 0 unspecified atom stereocenters. The van der Waals surface area contributed by atoms with E-state index in [1.54, 1.807) is 13.4 Å². The average molecular weight is 324 g/mol. The molecule has 7 heteroatoms. The normalized spacial score (nSPS) is 10.5. The molecule has 7 nitrogen and oxygen atoms in total. The molecule has 24 heavy (non-hydrogen) atoms. The number of nitrogens with one attached hydrogen (secondary N) is 2. The van der Waals surface area contributed by atoms with Gasteiger partial charge in [-0.15, -0.1) is 0 Å². The first kappa shape index (κ1) is 15.7. The summed E-state index contributed by atoms with van der Waals surface area (Å²) in [4.78, 5) is 8.74. The number of nitrogen functional groups attached to an aromatic ring is 1. The maximum atomic E-state index is 6.14. The number of pyridine rings is 1. The minimum absolute atomic E-state index is 0.501. The first-order chi connectivity index (χ1) is 11.6. The van der Waals surface area contributed by atoms with Crippen molar-refractivity contribution in [1.82, 2.24) is 14.5 Å². The largest absolute Gasteiger partial charge is 0.479 e. The molecular formula is C17H20N6O. The van der Waals surface area contributed by atoms with Crippen molar-refractivity contribution in [3.8, 4) is 11.6 Å². The van der Waals surface area contributed by atoms with E-state index in [0.29, 0.717) is 17.4 Å². The van der Waals surface area contributed by atoms with Gasteiger partial charge >= 0.3 is 0 Å². The van der Waals surface area contributed by atoms with Crippen LogP contribution in [0, 0.1) is 6.92 Å². The third-order valence-corrected chi connectivity index (χ3v) is 3.66. The van der Waals surface area contributed by atoms with Crippen LogP contribution in [0.2, 0.25) is 0 Å². The predicted octanol–water partition coefficient (Wildman–Crippen LogP) is 2.95. The molecule has 0 saturated heterocycles. The van der Waals surface area contributed by atoms with Crippen molar-refractivity contribution in [1.29, 1.82) is 0 Å². The van der Waals surface area contributed by atoms with E-state index in [1.165, 1.54) is 0 Å². The molecule has 0 atom stereocenters. The molecule has 0 saturated carbocycles. The van der Waals surface area contributed by atoms with Crippen LogP contribution in [0.3, 0.4) is 0 Å². The zero-order valence-electron chi connectivity index (χ0n) is 13.9. The lowest BCUT2D eigenvalue weighted by molar-refractivity contribution is 0.396. The Balaban J connectivity index is 1.93. The summed E-state index contributed by atoms with van der Waals surface area (Å²) in [5, 5.41) is 6.28. The van der Waals surface area contributed by atoms with Crippen molar-refractivity contribution in [2.24, 2.45) is 0 Å². The van der Waals surface area contributed by atoms with Crippen LogP contribution in [-0.2, 0) is 0 Å². The first-order valence-electron chi connectivity index (χ1n) is 7.51. The second-order valence-corrected chi connectivity index (χ2v) is 5.29. The van der Waals surface area contributed by atoms with Gasteiger partial charge in [0.05, 0.1) is 36.2 Å². The minimum Gasteiger partial charge on any atom is -0.479 e. The van der Waals surface area contributed by atoms with Crippen molar-refractivity contribution in [2.45, 2.75) is 6.92 Å². The number of hydrogen-bond acceptors (Lipinski definition) is 6. The van der Waals surface area contributed by atoms with E-state index >= 15 is 0 Å². The Morgan fingerprint density at radius 3 is 2.62 bits per heavy atom.